The second kappa shape index (κ2) is 6.26. The topological polar surface area (TPSA) is 71.5 Å². The van der Waals surface area contributed by atoms with E-state index in [0.717, 1.165) is 5.56 Å². The quantitative estimate of drug-likeness (QED) is 0.940. The van der Waals surface area contributed by atoms with Crippen molar-refractivity contribution in [3.8, 4) is 0 Å². The maximum atomic E-state index is 12.1. The highest BCUT2D eigenvalue weighted by Gasteiger charge is 2.21. The third kappa shape index (κ3) is 3.22. The zero-order chi connectivity index (χ0) is 15.4. The Labute approximate surface area is 127 Å². The van der Waals surface area contributed by atoms with E-state index in [1.54, 1.807) is 29.3 Å². The third-order valence-electron chi connectivity index (χ3n) is 3.33. The molecule has 6 nitrogen and oxygen atoms in total. The number of amides is 2. The van der Waals surface area contributed by atoms with E-state index >= 15 is 0 Å². The van der Waals surface area contributed by atoms with Gasteiger partial charge in [-0.2, -0.15) is 0 Å². The van der Waals surface area contributed by atoms with Crippen LogP contribution in [0.4, 0.5) is 10.5 Å². The number of pyridine rings is 1. The first-order chi connectivity index (χ1) is 10.7. The number of rotatable bonds is 4. The highest BCUT2D eigenvalue weighted by molar-refractivity contribution is 6.04. The van der Waals surface area contributed by atoms with E-state index in [0.29, 0.717) is 30.9 Å². The Morgan fingerprint density at radius 1 is 1.32 bits per heavy atom. The standard InChI is InChI=1S/C16H15N3O3/c20-15(13-4-2-6-17-10-13)18-14-5-1-3-12(9-14)11-19-7-8-22-16(19)21/h1-6,9-10H,7-8,11H2,(H,18,20). The fraction of sp³-hybridized carbons (Fsp3) is 0.188. The number of nitrogens with one attached hydrogen (secondary N) is 1. The number of carbonyl (C=O) groups is 2. The summed E-state index contributed by atoms with van der Waals surface area (Å²) in [7, 11) is 0. The molecule has 1 aliphatic heterocycles. The Hall–Kier alpha value is -2.89. The van der Waals surface area contributed by atoms with Gasteiger partial charge < -0.3 is 15.0 Å². The van der Waals surface area contributed by atoms with Crippen molar-refractivity contribution >= 4 is 17.7 Å². The molecule has 0 bridgehead atoms. The van der Waals surface area contributed by atoms with Gasteiger partial charge in [0.05, 0.1) is 12.1 Å². The zero-order valence-electron chi connectivity index (χ0n) is 11.9. The monoisotopic (exact) mass is 297 g/mol. The van der Waals surface area contributed by atoms with Gasteiger partial charge in [0.1, 0.15) is 6.61 Å². The van der Waals surface area contributed by atoms with Crippen LogP contribution in [0.25, 0.3) is 0 Å². The summed E-state index contributed by atoms with van der Waals surface area (Å²) >= 11 is 0. The molecule has 2 amide bonds. The van der Waals surface area contributed by atoms with Gasteiger partial charge in [-0.15, -0.1) is 0 Å². The van der Waals surface area contributed by atoms with E-state index in [-0.39, 0.29) is 12.0 Å². The molecule has 2 aromatic rings. The summed E-state index contributed by atoms with van der Waals surface area (Å²) in [5.41, 5.74) is 2.11. The second-order valence-corrected chi connectivity index (χ2v) is 4.93. The first kappa shape index (κ1) is 14.1. The maximum Gasteiger partial charge on any atom is 0.410 e. The molecule has 1 saturated heterocycles. The lowest BCUT2D eigenvalue weighted by Gasteiger charge is -2.13. The molecule has 1 aromatic heterocycles. The van der Waals surface area contributed by atoms with Gasteiger partial charge in [0.15, 0.2) is 0 Å². The van der Waals surface area contributed by atoms with Crippen molar-refractivity contribution in [3.05, 3.63) is 59.9 Å². The minimum atomic E-state index is -0.301. The number of hydrogen-bond acceptors (Lipinski definition) is 4. The predicted molar refractivity (Wildman–Crippen MR) is 80.4 cm³/mol. The number of hydrogen-bond donors (Lipinski definition) is 1. The van der Waals surface area contributed by atoms with Crippen LogP contribution < -0.4 is 5.32 Å². The predicted octanol–water partition coefficient (Wildman–Crippen LogP) is 2.29. The van der Waals surface area contributed by atoms with Crippen molar-refractivity contribution in [2.24, 2.45) is 0 Å². The van der Waals surface area contributed by atoms with E-state index in [1.807, 2.05) is 18.2 Å². The van der Waals surface area contributed by atoms with Crippen LogP contribution in [0, 0.1) is 0 Å². The van der Waals surface area contributed by atoms with Crippen molar-refractivity contribution in [1.29, 1.82) is 0 Å². The van der Waals surface area contributed by atoms with Crippen molar-refractivity contribution in [3.63, 3.8) is 0 Å². The van der Waals surface area contributed by atoms with Crippen molar-refractivity contribution in [2.45, 2.75) is 6.54 Å². The molecular formula is C16H15N3O3. The van der Waals surface area contributed by atoms with Gasteiger partial charge >= 0.3 is 6.09 Å². The van der Waals surface area contributed by atoms with Crippen molar-refractivity contribution in [1.82, 2.24) is 9.88 Å². The molecule has 0 unspecified atom stereocenters. The summed E-state index contributed by atoms with van der Waals surface area (Å²) in [6.07, 6.45) is 2.83. The summed E-state index contributed by atoms with van der Waals surface area (Å²) in [6.45, 7) is 1.48. The van der Waals surface area contributed by atoms with E-state index in [4.69, 9.17) is 4.74 Å². The summed E-state index contributed by atoms with van der Waals surface area (Å²) in [6, 6.07) is 10.8. The lowest BCUT2D eigenvalue weighted by Crippen LogP contribution is -2.23. The van der Waals surface area contributed by atoms with Crippen molar-refractivity contribution < 1.29 is 14.3 Å². The van der Waals surface area contributed by atoms with Gasteiger partial charge in [0.25, 0.3) is 5.91 Å². The Kier molecular flexibility index (Phi) is 4.00. The Balaban J connectivity index is 1.68. The fourth-order valence-corrected chi connectivity index (χ4v) is 2.24. The molecule has 1 aromatic carbocycles. The van der Waals surface area contributed by atoms with Crippen molar-refractivity contribution in [2.75, 3.05) is 18.5 Å². The number of benzene rings is 1. The Morgan fingerprint density at radius 2 is 2.23 bits per heavy atom. The summed E-state index contributed by atoms with van der Waals surface area (Å²) in [5, 5.41) is 2.82. The van der Waals surface area contributed by atoms with Crippen LogP contribution in [-0.4, -0.2) is 35.0 Å². The van der Waals surface area contributed by atoms with Gasteiger partial charge in [0, 0.05) is 24.6 Å². The van der Waals surface area contributed by atoms with Gasteiger partial charge in [-0.3, -0.25) is 9.78 Å². The number of anilines is 1. The first-order valence-corrected chi connectivity index (χ1v) is 6.94. The highest BCUT2D eigenvalue weighted by Crippen LogP contribution is 2.16. The van der Waals surface area contributed by atoms with E-state index in [2.05, 4.69) is 10.3 Å². The minimum Gasteiger partial charge on any atom is -0.448 e. The molecule has 6 heteroatoms. The lowest BCUT2D eigenvalue weighted by atomic mass is 10.2. The highest BCUT2D eigenvalue weighted by atomic mass is 16.6. The minimum absolute atomic E-state index is 0.217. The van der Waals surface area contributed by atoms with E-state index in [1.165, 1.54) is 6.20 Å². The number of nitrogens with zero attached hydrogens (tertiary/aromatic N) is 2. The normalized spacial score (nSPS) is 13.8. The van der Waals surface area contributed by atoms with Crippen LogP contribution in [0.3, 0.4) is 0 Å². The molecule has 2 heterocycles. The smallest absolute Gasteiger partial charge is 0.410 e. The largest absolute Gasteiger partial charge is 0.448 e. The first-order valence-electron chi connectivity index (χ1n) is 6.94. The molecule has 22 heavy (non-hydrogen) atoms. The maximum absolute atomic E-state index is 12.1. The molecule has 1 fully saturated rings. The zero-order valence-corrected chi connectivity index (χ0v) is 11.9. The SMILES string of the molecule is O=C(Nc1cccc(CN2CCOC2=O)c1)c1cccnc1. The Morgan fingerprint density at radius 3 is 2.95 bits per heavy atom. The van der Waals surface area contributed by atoms with Gasteiger partial charge in [-0.05, 0) is 29.8 Å². The molecule has 1 aliphatic rings. The van der Waals surface area contributed by atoms with Crippen LogP contribution in [-0.2, 0) is 11.3 Å². The van der Waals surface area contributed by atoms with E-state index in [9.17, 15) is 9.59 Å². The molecule has 0 aliphatic carbocycles. The third-order valence-corrected chi connectivity index (χ3v) is 3.33. The van der Waals surface area contributed by atoms with Crippen LogP contribution in [0.15, 0.2) is 48.8 Å². The summed E-state index contributed by atoms with van der Waals surface area (Å²) in [4.78, 5) is 29.1. The van der Waals surface area contributed by atoms with E-state index < -0.39 is 0 Å². The number of carbonyl (C=O) groups excluding carboxylic acids is 2. The van der Waals surface area contributed by atoms with Crippen LogP contribution >= 0.6 is 0 Å². The lowest BCUT2D eigenvalue weighted by molar-refractivity contribution is 0.102. The van der Waals surface area contributed by atoms with Crippen LogP contribution in [0.1, 0.15) is 15.9 Å². The average Bonchev–Trinajstić information content (AvgIpc) is 2.94. The Bertz CT molecular complexity index is 688. The molecule has 3 rings (SSSR count). The average molecular weight is 297 g/mol. The number of cyclic esters (lactones) is 1. The second-order valence-electron chi connectivity index (χ2n) is 4.93. The van der Waals surface area contributed by atoms with Crippen LogP contribution in [0.2, 0.25) is 0 Å². The number of aromatic nitrogens is 1. The van der Waals surface area contributed by atoms with Gasteiger partial charge in [0.2, 0.25) is 0 Å². The van der Waals surface area contributed by atoms with Gasteiger partial charge in [-0.1, -0.05) is 12.1 Å². The van der Waals surface area contributed by atoms with Gasteiger partial charge in [-0.25, -0.2) is 4.79 Å². The molecule has 0 saturated carbocycles. The molecule has 1 N–H and O–H groups in total. The molecule has 0 radical (unpaired) electrons. The molecular weight excluding hydrogens is 282 g/mol. The summed E-state index contributed by atoms with van der Waals surface area (Å²) < 4.78 is 4.90. The molecule has 0 atom stereocenters. The van der Waals surface area contributed by atoms with Crippen LogP contribution in [0.5, 0.6) is 0 Å². The summed E-state index contributed by atoms with van der Waals surface area (Å²) in [5.74, 6) is -0.217. The fourth-order valence-electron chi connectivity index (χ4n) is 2.24. The molecule has 112 valence electrons. The molecule has 0 spiro atoms. The number of ether oxygens (including phenoxy) is 1.